The standard InChI is InChI=1S/C17H14ClN3O4S/c1-2-24-15(22)7-12-9-26-17(19-12)20-16(23)13-8-14(25-21-13)10-3-5-11(18)6-4-10/h3-6,8-9H,2,7H2,1H3,(H,19,20,23). The number of nitrogens with zero attached hydrogens (tertiary/aromatic N) is 2. The van der Waals surface area contributed by atoms with Gasteiger partial charge in [-0.1, -0.05) is 16.8 Å². The molecule has 0 saturated heterocycles. The van der Waals surface area contributed by atoms with Crippen molar-refractivity contribution in [2.24, 2.45) is 0 Å². The summed E-state index contributed by atoms with van der Waals surface area (Å²) >= 11 is 7.06. The lowest BCUT2D eigenvalue weighted by Gasteiger charge is -1.98. The number of amides is 1. The molecule has 1 N–H and O–H groups in total. The number of hydrogen-bond acceptors (Lipinski definition) is 7. The van der Waals surface area contributed by atoms with Crippen molar-refractivity contribution >= 4 is 39.9 Å². The Labute approximate surface area is 157 Å². The van der Waals surface area contributed by atoms with E-state index >= 15 is 0 Å². The van der Waals surface area contributed by atoms with Crippen LogP contribution < -0.4 is 5.32 Å². The second kappa shape index (κ2) is 8.11. The third kappa shape index (κ3) is 4.47. The molecule has 7 nitrogen and oxygen atoms in total. The van der Waals surface area contributed by atoms with E-state index in [4.69, 9.17) is 20.9 Å². The number of esters is 1. The molecule has 3 rings (SSSR count). The molecule has 134 valence electrons. The van der Waals surface area contributed by atoms with Gasteiger partial charge in [-0.25, -0.2) is 4.98 Å². The van der Waals surface area contributed by atoms with Gasteiger partial charge in [0, 0.05) is 22.0 Å². The highest BCUT2D eigenvalue weighted by Crippen LogP contribution is 2.23. The zero-order valence-corrected chi connectivity index (χ0v) is 15.3. The van der Waals surface area contributed by atoms with Crippen LogP contribution in [-0.2, 0) is 16.0 Å². The van der Waals surface area contributed by atoms with Gasteiger partial charge in [-0.3, -0.25) is 14.9 Å². The third-order valence-electron chi connectivity index (χ3n) is 3.27. The van der Waals surface area contributed by atoms with E-state index in [2.05, 4.69) is 15.5 Å². The number of halogens is 1. The van der Waals surface area contributed by atoms with E-state index in [9.17, 15) is 9.59 Å². The highest BCUT2D eigenvalue weighted by molar-refractivity contribution is 7.14. The maximum atomic E-state index is 12.3. The summed E-state index contributed by atoms with van der Waals surface area (Å²) in [6.45, 7) is 2.05. The maximum absolute atomic E-state index is 12.3. The minimum atomic E-state index is -0.453. The Hall–Kier alpha value is -2.71. The summed E-state index contributed by atoms with van der Waals surface area (Å²) in [7, 11) is 0. The number of anilines is 1. The van der Waals surface area contributed by atoms with Crippen molar-refractivity contribution in [2.45, 2.75) is 13.3 Å². The number of nitrogens with one attached hydrogen (secondary N) is 1. The summed E-state index contributed by atoms with van der Waals surface area (Å²) in [6, 6.07) is 8.52. The lowest BCUT2D eigenvalue weighted by molar-refractivity contribution is -0.142. The monoisotopic (exact) mass is 391 g/mol. The molecule has 9 heteroatoms. The molecule has 0 spiro atoms. The summed E-state index contributed by atoms with van der Waals surface area (Å²) in [5.41, 5.74) is 1.41. The van der Waals surface area contributed by atoms with Gasteiger partial charge in [-0.05, 0) is 31.2 Å². The van der Waals surface area contributed by atoms with Crippen molar-refractivity contribution in [3.63, 3.8) is 0 Å². The Kier molecular flexibility index (Phi) is 5.65. The van der Waals surface area contributed by atoms with Crippen molar-refractivity contribution in [3.05, 3.63) is 52.1 Å². The molecule has 0 bridgehead atoms. The zero-order chi connectivity index (χ0) is 18.5. The molecule has 0 atom stereocenters. The summed E-state index contributed by atoms with van der Waals surface area (Å²) < 4.78 is 10.1. The molecule has 0 saturated carbocycles. The molecule has 0 aliphatic rings. The number of benzene rings is 1. The predicted octanol–water partition coefficient (Wildman–Crippen LogP) is 3.81. The van der Waals surface area contributed by atoms with Crippen LogP contribution in [0.25, 0.3) is 11.3 Å². The van der Waals surface area contributed by atoms with Crippen molar-refractivity contribution in [1.82, 2.24) is 10.1 Å². The second-order valence-electron chi connectivity index (χ2n) is 5.16. The van der Waals surface area contributed by atoms with Gasteiger partial charge in [-0.15, -0.1) is 11.3 Å². The molecule has 0 fully saturated rings. The Morgan fingerprint density at radius 1 is 1.31 bits per heavy atom. The quantitative estimate of drug-likeness (QED) is 0.642. The van der Waals surface area contributed by atoms with E-state index in [1.165, 1.54) is 17.4 Å². The Bertz CT molecular complexity index is 920. The Morgan fingerprint density at radius 3 is 2.81 bits per heavy atom. The first-order chi connectivity index (χ1) is 12.5. The van der Waals surface area contributed by atoms with Crippen molar-refractivity contribution in [2.75, 3.05) is 11.9 Å². The molecule has 1 amide bonds. The minimum absolute atomic E-state index is 0.0604. The highest BCUT2D eigenvalue weighted by Gasteiger charge is 2.16. The molecular formula is C17H14ClN3O4S. The van der Waals surface area contributed by atoms with E-state index in [1.807, 2.05) is 0 Å². The zero-order valence-electron chi connectivity index (χ0n) is 13.7. The van der Waals surface area contributed by atoms with E-state index < -0.39 is 5.91 Å². The smallest absolute Gasteiger partial charge is 0.311 e. The van der Waals surface area contributed by atoms with Gasteiger partial charge in [0.2, 0.25) is 0 Å². The summed E-state index contributed by atoms with van der Waals surface area (Å²) in [5.74, 6) is -0.361. The van der Waals surface area contributed by atoms with Crippen LogP contribution in [0.15, 0.2) is 40.2 Å². The van der Waals surface area contributed by atoms with Crippen LogP contribution in [0.1, 0.15) is 23.1 Å². The number of ether oxygens (including phenoxy) is 1. The average Bonchev–Trinajstić information content (AvgIpc) is 3.25. The molecule has 3 aromatic rings. The first-order valence-electron chi connectivity index (χ1n) is 7.69. The molecule has 0 aliphatic heterocycles. The molecule has 0 radical (unpaired) electrons. The molecule has 1 aromatic carbocycles. The fourth-order valence-corrected chi connectivity index (χ4v) is 2.93. The Balaban J connectivity index is 1.64. The van der Waals surface area contributed by atoms with Crippen LogP contribution in [0.5, 0.6) is 0 Å². The molecule has 26 heavy (non-hydrogen) atoms. The van der Waals surface area contributed by atoms with Gasteiger partial charge >= 0.3 is 5.97 Å². The first kappa shape index (κ1) is 18.1. The number of carbonyl (C=O) groups is 2. The van der Waals surface area contributed by atoms with Gasteiger partial charge in [0.1, 0.15) is 0 Å². The highest BCUT2D eigenvalue weighted by atomic mass is 35.5. The predicted molar refractivity (Wildman–Crippen MR) is 97.4 cm³/mol. The van der Waals surface area contributed by atoms with Gasteiger partial charge in [0.05, 0.1) is 18.7 Å². The topological polar surface area (TPSA) is 94.3 Å². The number of carbonyl (C=O) groups excluding carboxylic acids is 2. The van der Waals surface area contributed by atoms with Gasteiger partial charge in [0.15, 0.2) is 16.6 Å². The SMILES string of the molecule is CCOC(=O)Cc1csc(NC(=O)c2cc(-c3ccc(Cl)cc3)on2)n1. The fourth-order valence-electron chi connectivity index (χ4n) is 2.10. The van der Waals surface area contributed by atoms with Crippen molar-refractivity contribution in [3.8, 4) is 11.3 Å². The molecule has 0 aliphatic carbocycles. The van der Waals surface area contributed by atoms with Crippen LogP contribution in [0.4, 0.5) is 5.13 Å². The fraction of sp³-hybridized carbons (Fsp3) is 0.176. The van der Waals surface area contributed by atoms with Crippen LogP contribution >= 0.6 is 22.9 Å². The van der Waals surface area contributed by atoms with E-state index in [0.29, 0.717) is 28.2 Å². The first-order valence-corrected chi connectivity index (χ1v) is 8.95. The summed E-state index contributed by atoms with van der Waals surface area (Å²) in [6.07, 6.45) is 0.0604. The van der Waals surface area contributed by atoms with E-state index in [0.717, 1.165) is 5.56 Å². The minimum Gasteiger partial charge on any atom is -0.466 e. The molecule has 0 unspecified atom stereocenters. The van der Waals surface area contributed by atoms with Gasteiger partial charge in [0.25, 0.3) is 5.91 Å². The van der Waals surface area contributed by atoms with Gasteiger partial charge < -0.3 is 9.26 Å². The number of aromatic nitrogens is 2. The molecular weight excluding hydrogens is 378 g/mol. The van der Waals surface area contributed by atoms with Gasteiger partial charge in [-0.2, -0.15) is 0 Å². The van der Waals surface area contributed by atoms with Crippen LogP contribution in [-0.4, -0.2) is 28.6 Å². The van der Waals surface area contributed by atoms with E-state index in [1.54, 1.807) is 36.6 Å². The van der Waals surface area contributed by atoms with Crippen molar-refractivity contribution in [1.29, 1.82) is 0 Å². The summed E-state index contributed by atoms with van der Waals surface area (Å²) in [4.78, 5) is 27.9. The number of thiazole rings is 1. The lowest BCUT2D eigenvalue weighted by Crippen LogP contribution is -2.12. The Morgan fingerprint density at radius 2 is 2.08 bits per heavy atom. The van der Waals surface area contributed by atoms with Crippen LogP contribution in [0.3, 0.4) is 0 Å². The normalized spacial score (nSPS) is 10.5. The average molecular weight is 392 g/mol. The molecule has 2 heterocycles. The number of hydrogen-bond donors (Lipinski definition) is 1. The van der Waals surface area contributed by atoms with E-state index in [-0.39, 0.29) is 18.1 Å². The lowest BCUT2D eigenvalue weighted by atomic mass is 10.1. The number of rotatable bonds is 6. The third-order valence-corrected chi connectivity index (χ3v) is 4.33. The van der Waals surface area contributed by atoms with Crippen molar-refractivity contribution < 1.29 is 18.8 Å². The largest absolute Gasteiger partial charge is 0.466 e. The second-order valence-corrected chi connectivity index (χ2v) is 6.46. The summed E-state index contributed by atoms with van der Waals surface area (Å²) in [5, 5.41) is 9.06. The van der Waals surface area contributed by atoms with Crippen LogP contribution in [0.2, 0.25) is 5.02 Å². The molecule has 2 aromatic heterocycles. The van der Waals surface area contributed by atoms with Crippen LogP contribution in [0, 0.1) is 0 Å². The maximum Gasteiger partial charge on any atom is 0.311 e.